The third-order valence-corrected chi connectivity index (χ3v) is 4.59. The highest BCUT2D eigenvalue weighted by molar-refractivity contribution is 7.99. The maximum Gasteiger partial charge on any atom is 0.0291 e. The summed E-state index contributed by atoms with van der Waals surface area (Å²) in [7, 11) is 0. The monoisotopic (exact) mass is 285 g/mol. The zero-order valence-corrected chi connectivity index (χ0v) is 13.3. The third-order valence-electron chi connectivity index (χ3n) is 3.40. The molecule has 1 N–H and O–H groups in total. The standard InChI is InChI=1S/C18H23NS/c1-4-13-19-15(3)16-9-11-17(12-10-16)20-18-8-6-5-7-14(18)2/h5-12,15,19H,4,13H2,1-3H3. The molecule has 0 aliphatic carbocycles. The van der Waals surface area contributed by atoms with Gasteiger partial charge in [0, 0.05) is 15.8 Å². The van der Waals surface area contributed by atoms with Crippen molar-refractivity contribution in [2.75, 3.05) is 6.54 Å². The molecule has 0 spiro atoms. The predicted octanol–water partition coefficient (Wildman–Crippen LogP) is 5.21. The normalized spacial score (nSPS) is 12.3. The van der Waals surface area contributed by atoms with Crippen LogP contribution in [0.2, 0.25) is 0 Å². The highest BCUT2D eigenvalue weighted by Crippen LogP contribution is 2.30. The molecule has 0 radical (unpaired) electrons. The van der Waals surface area contributed by atoms with E-state index >= 15 is 0 Å². The average molecular weight is 285 g/mol. The summed E-state index contributed by atoms with van der Waals surface area (Å²) in [6.07, 6.45) is 1.17. The number of hydrogen-bond donors (Lipinski definition) is 1. The van der Waals surface area contributed by atoms with Crippen LogP contribution in [0.3, 0.4) is 0 Å². The number of aryl methyl sites for hydroxylation is 1. The van der Waals surface area contributed by atoms with Gasteiger partial charge in [-0.15, -0.1) is 0 Å². The summed E-state index contributed by atoms with van der Waals surface area (Å²) in [5.74, 6) is 0. The summed E-state index contributed by atoms with van der Waals surface area (Å²) in [4.78, 5) is 2.63. The first-order chi connectivity index (χ1) is 9.70. The molecular weight excluding hydrogens is 262 g/mol. The van der Waals surface area contributed by atoms with Gasteiger partial charge in [-0.2, -0.15) is 0 Å². The molecule has 0 heterocycles. The Morgan fingerprint density at radius 2 is 1.75 bits per heavy atom. The Kier molecular flexibility index (Phi) is 5.69. The van der Waals surface area contributed by atoms with Crippen molar-refractivity contribution in [1.82, 2.24) is 5.32 Å². The van der Waals surface area contributed by atoms with Gasteiger partial charge in [-0.25, -0.2) is 0 Å². The van der Waals surface area contributed by atoms with Crippen molar-refractivity contribution in [3.63, 3.8) is 0 Å². The zero-order valence-electron chi connectivity index (χ0n) is 12.5. The molecule has 0 aromatic heterocycles. The van der Waals surface area contributed by atoms with Crippen molar-refractivity contribution >= 4 is 11.8 Å². The molecule has 0 amide bonds. The second-order valence-corrected chi connectivity index (χ2v) is 6.23. The first-order valence-electron chi connectivity index (χ1n) is 7.27. The predicted molar refractivity (Wildman–Crippen MR) is 88.5 cm³/mol. The lowest BCUT2D eigenvalue weighted by molar-refractivity contribution is 0.570. The highest BCUT2D eigenvalue weighted by atomic mass is 32.2. The van der Waals surface area contributed by atoms with Gasteiger partial charge in [-0.05, 0) is 56.1 Å². The van der Waals surface area contributed by atoms with Crippen LogP contribution in [0.1, 0.15) is 37.4 Å². The Labute approximate surface area is 126 Å². The molecule has 0 saturated heterocycles. The Morgan fingerprint density at radius 3 is 2.40 bits per heavy atom. The molecule has 1 atom stereocenters. The fourth-order valence-corrected chi connectivity index (χ4v) is 3.00. The van der Waals surface area contributed by atoms with E-state index in [0.29, 0.717) is 6.04 Å². The van der Waals surface area contributed by atoms with E-state index in [1.807, 2.05) is 11.8 Å². The summed E-state index contributed by atoms with van der Waals surface area (Å²) in [6, 6.07) is 17.8. The molecule has 2 heteroatoms. The van der Waals surface area contributed by atoms with Crippen LogP contribution in [0.4, 0.5) is 0 Å². The van der Waals surface area contributed by atoms with Crippen LogP contribution >= 0.6 is 11.8 Å². The summed E-state index contributed by atoms with van der Waals surface area (Å²) in [5, 5.41) is 3.52. The van der Waals surface area contributed by atoms with E-state index in [0.717, 1.165) is 6.54 Å². The summed E-state index contributed by atoms with van der Waals surface area (Å²) in [6.45, 7) is 7.65. The molecule has 0 bridgehead atoms. The number of benzene rings is 2. The first kappa shape index (κ1) is 15.1. The average Bonchev–Trinajstić information content (AvgIpc) is 2.48. The lowest BCUT2D eigenvalue weighted by atomic mass is 10.1. The van der Waals surface area contributed by atoms with Gasteiger partial charge >= 0.3 is 0 Å². The summed E-state index contributed by atoms with van der Waals surface area (Å²) < 4.78 is 0. The zero-order chi connectivity index (χ0) is 14.4. The van der Waals surface area contributed by atoms with Crippen molar-refractivity contribution in [2.45, 2.75) is 43.0 Å². The summed E-state index contributed by atoms with van der Waals surface area (Å²) >= 11 is 1.83. The minimum absolute atomic E-state index is 0.424. The highest BCUT2D eigenvalue weighted by Gasteiger charge is 2.05. The summed E-state index contributed by atoms with van der Waals surface area (Å²) in [5.41, 5.74) is 2.69. The molecule has 0 fully saturated rings. The van der Waals surface area contributed by atoms with Gasteiger partial charge in [0.25, 0.3) is 0 Å². The second kappa shape index (κ2) is 7.51. The molecule has 20 heavy (non-hydrogen) atoms. The molecule has 1 nitrogen and oxygen atoms in total. The van der Waals surface area contributed by atoms with Gasteiger partial charge in [0.15, 0.2) is 0 Å². The van der Waals surface area contributed by atoms with Gasteiger partial charge in [0.1, 0.15) is 0 Å². The molecule has 0 aliphatic heterocycles. The third kappa shape index (κ3) is 4.12. The van der Waals surface area contributed by atoms with Crippen molar-refractivity contribution < 1.29 is 0 Å². The van der Waals surface area contributed by atoms with Crippen LogP contribution in [-0.2, 0) is 0 Å². The van der Waals surface area contributed by atoms with E-state index in [2.05, 4.69) is 74.6 Å². The lowest BCUT2D eigenvalue weighted by Crippen LogP contribution is -2.19. The fourth-order valence-electron chi connectivity index (χ4n) is 2.10. The van der Waals surface area contributed by atoms with E-state index in [-0.39, 0.29) is 0 Å². The van der Waals surface area contributed by atoms with Gasteiger partial charge < -0.3 is 5.32 Å². The maximum absolute atomic E-state index is 3.52. The topological polar surface area (TPSA) is 12.0 Å². The largest absolute Gasteiger partial charge is 0.310 e. The lowest BCUT2D eigenvalue weighted by Gasteiger charge is -2.14. The minimum atomic E-state index is 0.424. The first-order valence-corrected chi connectivity index (χ1v) is 8.09. The molecule has 1 unspecified atom stereocenters. The van der Waals surface area contributed by atoms with Crippen LogP contribution < -0.4 is 5.32 Å². The molecule has 2 rings (SSSR count). The number of rotatable bonds is 6. The van der Waals surface area contributed by atoms with Crippen LogP contribution in [0, 0.1) is 6.92 Å². The van der Waals surface area contributed by atoms with Gasteiger partial charge in [-0.3, -0.25) is 0 Å². The molecular formula is C18H23NS. The van der Waals surface area contributed by atoms with E-state index in [9.17, 15) is 0 Å². The van der Waals surface area contributed by atoms with Crippen molar-refractivity contribution in [1.29, 1.82) is 0 Å². The Hall–Kier alpha value is -1.25. The maximum atomic E-state index is 3.52. The van der Waals surface area contributed by atoms with Gasteiger partial charge in [0.05, 0.1) is 0 Å². The van der Waals surface area contributed by atoms with Gasteiger partial charge in [0.2, 0.25) is 0 Å². The quantitative estimate of drug-likeness (QED) is 0.782. The molecule has 2 aromatic rings. The number of nitrogens with one attached hydrogen (secondary N) is 1. The Morgan fingerprint density at radius 1 is 1.05 bits per heavy atom. The van der Waals surface area contributed by atoms with Crippen molar-refractivity contribution in [3.8, 4) is 0 Å². The number of hydrogen-bond acceptors (Lipinski definition) is 2. The van der Waals surface area contributed by atoms with E-state index in [1.54, 1.807) is 0 Å². The fraction of sp³-hybridized carbons (Fsp3) is 0.333. The van der Waals surface area contributed by atoms with Crippen molar-refractivity contribution in [2.24, 2.45) is 0 Å². The van der Waals surface area contributed by atoms with Crippen LogP contribution in [0.5, 0.6) is 0 Å². The van der Waals surface area contributed by atoms with E-state index in [4.69, 9.17) is 0 Å². The molecule has 0 saturated carbocycles. The van der Waals surface area contributed by atoms with E-state index < -0.39 is 0 Å². The van der Waals surface area contributed by atoms with Gasteiger partial charge in [-0.1, -0.05) is 49.0 Å². The minimum Gasteiger partial charge on any atom is -0.310 e. The molecule has 0 aliphatic rings. The Balaban J connectivity index is 2.03. The second-order valence-electron chi connectivity index (χ2n) is 5.11. The van der Waals surface area contributed by atoms with Crippen molar-refractivity contribution in [3.05, 3.63) is 59.7 Å². The molecule has 106 valence electrons. The van der Waals surface area contributed by atoms with Crippen LogP contribution in [-0.4, -0.2) is 6.54 Å². The van der Waals surface area contributed by atoms with Crippen LogP contribution in [0.25, 0.3) is 0 Å². The SMILES string of the molecule is CCCNC(C)c1ccc(Sc2ccccc2C)cc1. The van der Waals surface area contributed by atoms with Crippen LogP contribution in [0.15, 0.2) is 58.3 Å². The smallest absolute Gasteiger partial charge is 0.0291 e. The molecule has 2 aromatic carbocycles. The van der Waals surface area contributed by atoms with E-state index in [1.165, 1.54) is 27.3 Å². The Bertz CT molecular complexity index is 533.